The minimum atomic E-state index is -0.0671. The number of fused-ring (bicyclic) bond motifs is 1. The molecule has 0 saturated heterocycles. The molecule has 0 amide bonds. The Kier molecular flexibility index (Phi) is 1.34. The molecule has 1 fully saturated rings. The lowest BCUT2D eigenvalue weighted by atomic mass is 9.82. The fraction of sp³-hybridized carbons (Fsp3) is 0.875. The number of aliphatic imine (C=N–C) groups is 1. The fourth-order valence-electron chi connectivity index (χ4n) is 2.02. The summed E-state index contributed by atoms with van der Waals surface area (Å²) in [5, 5.41) is 0. The van der Waals surface area contributed by atoms with Crippen LogP contribution in [0.4, 0.5) is 0 Å². The number of nitrogens with zero attached hydrogens (tertiary/aromatic N) is 1. The van der Waals surface area contributed by atoms with Crippen molar-refractivity contribution in [1.82, 2.24) is 0 Å². The molecule has 3 heteroatoms. The lowest BCUT2D eigenvalue weighted by molar-refractivity contribution is 0.0428. The summed E-state index contributed by atoms with van der Waals surface area (Å²) in [6.07, 6.45) is 4.75. The van der Waals surface area contributed by atoms with E-state index in [2.05, 4.69) is 11.9 Å². The minimum Gasteiger partial charge on any atom is -0.457 e. The van der Waals surface area contributed by atoms with Gasteiger partial charge in [0.15, 0.2) is 0 Å². The topological polar surface area (TPSA) is 47.6 Å². The van der Waals surface area contributed by atoms with Gasteiger partial charge in [-0.25, -0.2) is 4.99 Å². The molecular weight excluding hydrogens is 140 g/mol. The molecule has 2 rings (SSSR count). The Bertz CT molecular complexity index is 202. The summed E-state index contributed by atoms with van der Waals surface area (Å²) in [4.78, 5) is 4.25. The molecule has 0 radical (unpaired) electrons. The van der Waals surface area contributed by atoms with E-state index in [0.29, 0.717) is 12.1 Å². The fourth-order valence-corrected chi connectivity index (χ4v) is 2.02. The van der Waals surface area contributed by atoms with Crippen molar-refractivity contribution in [3.63, 3.8) is 0 Å². The molecule has 3 nitrogen and oxygen atoms in total. The third-order valence-corrected chi connectivity index (χ3v) is 2.73. The monoisotopic (exact) mass is 154 g/mol. The van der Waals surface area contributed by atoms with Gasteiger partial charge in [-0.05, 0) is 26.2 Å². The summed E-state index contributed by atoms with van der Waals surface area (Å²) in [5.41, 5.74) is 5.44. The highest BCUT2D eigenvalue weighted by Gasteiger charge is 2.43. The van der Waals surface area contributed by atoms with E-state index in [1.807, 2.05) is 0 Å². The van der Waals surface area contributed by atoms with Gasteiger partial charge in [0.25, 0.3) is 6.02 Å². The normalized spacial score (nSPS) is 42.6. The molecule has 0 aromatic carbocycles. The van der Waals surface area contributed by atoms with Crippen molar-refractivity contribution in [3.8, 4) is 0 Å². The summed E-state index contributed by atoms with van der Waals surface area (Å²) < 4.78 is 5.48. The first-order valence-electron chi connectivity index (χ1n) is 4.23. The number of nitrogens with two attached hydrogens (primary N) is 1. The lowest BCUT2D eigenvalue weighted by Gasteiger charge is -2.32. The van der Waals surface area contributed by atoms with Crippen LogP contribution in [0.15, 0.2) is 4.99 Å². The van der Waals surface area contributed by atoms with Crippen LogP contribution in [-0.4, -0.2) is 17.7 Å². The first-order valence-corrected chi connectivity index (χ1v) is 4.23. The molecule has 0 bridgehead atoms. The molecule has 2 unspecified atom stereocenters. The molecule has 0 aromatic rings. The van der Waals surface area contributed by atoms with Crippen LogP contribution in [0.3, 0.4) is 0 Å². The van der Waals surface area contributed by atoms with Gasteiger partial charge in [0.2, 0.25) is 0 Å². The van der Waals surface area contributed by atoms with Gasteiger partial charge >= 0.3 is 0 Å². The Morgan fingerprint density at radius 1 is 1.64 bits per heavy atom. The SMILES string of the molecule is CC12CCCCC1N=C(N)O2. The number of hydrogen-bond donors (Lipinski definition) is 1. The largest absolute Gasteiger partial charge is 0.457 e. The van der Waals surface area contributed by atoms with Crippen molar-refractivity contribution in [1.29, 1.82) is 0 Å². The van der Waals surface area contributed by atoms with E-state index in [0.717, 1.165) is 12.8 Å². The Morgan fingerprint density at radius 2 is 2.45 bits per heavy atom. The summed E-state index contributed by atoms with van der Waals surface area (Å²) >= 11 is 0. The summed E-state index contributed by atoms with van der Waals surface area (Å²) in [6.45, 7) is 2.11. The molecule has 0 aromatic heterocycles. The Hall–Kier alpha value is -0.730. The molecule has 1 aliphatic carbocycles. The molecule has 2 atom stereocenters. The Morgan fingerprint density at radius 3 is 3.18 bits per heavy atom. The van der Waals surface area contributed by atoms with Crippen molar-refractivity contribution in [2.75, 3.05) is 0 Å². The first kappa shape index (κ1) is 6.95. The first-order chi connectivity index (χ1) is 5.21. The van der Waals surface area contributed by atoms with Crippen molar-refractivity contribution in [2.24, 2.45) is 10.7 Å². The van der Waals surface area contributed by atoms with E-state index in [4.69, 9.17) is 10.5 Å². The molecule has 0 spiro atoms. The van der Waals surface area contributed by atoms with Gasteiger partial charge in [-0.2, -0.15) is 0 Å². The van der Waals surface area contributed by atoms with Crippen LogP contribution in [0.1, 0.15) is 32.6 Å². The standard InChI is InChI=1S/C8H14N2O/c1-8-5-3-2-4-6(8)10-7(9)11-8/h6H,2-5H2,1H3,(H2,9,10). The maximum absolute atomic E-state index is 5.51. The molecule has 1 heterocycles. The van der Waals surface area contributed by atoms with Gasteiger partial charge in [-0.15, -0.1) is 0 Å². The van der Waals surface area contributed by atoms with Crippen LogP contribution < -0.4 is 5.73 Å². The molecule has 1 aliphatic heterocycles. The molecule has 2 N–H and O–H groups in total. The zero-order valence-electron chi connectivity index (χ0n) is 6.84. The van der Waals surface area contributed by atoms with E-state index < -0.39 is 0 Å². The van der Waals surface area contributed by atoms with Crippen LogP contribution in [0.2, 0.25) is 0 Å². The van der Waals surface area contributed by atoms with E-state index >= 15 is 0 Å². The van der Waals surface area contributed by atoms with Gasteiger partial charge in [0.1, 0.15) is 5.60 Å². The zero-order valence-corrected chi connectivity index (χ0v) is 6.84. The number of hydrogen-bond acceptors (Lipinski definition) is 3. The van der Waals surface area contributed by atoms with Crippen LogP contribution in [0.5, 0.6) is 0 Å². The molecular formula is C8H14N2O. The predicted octanol–water partition coefficient (Wildman–Crippen LogP) is 1.03. The maximum atomic E-state index is 5.51. The van der Waals surface area contributed by atoms with Gasteiger partial charge in [-0.3, -0.25) is 0 Å². The van der Waals surface area contributed by atoms with E-state index in [1.165, 1.54) is 12.8 Å². The number of rotatable bonds is 0. The summed E-state index contributed by atoms with van der Waals surface area (Å²) in [7, 11) is 0. The van der Waals surface area contributed by atoms with Crippen LogP contribution >= 0.6 is 0 Å². The summed E-state index contributed by atoms with van der Waals surface area (Å²) in [5.74, 6) is 0. The molecule has 11 heavy (non-hydrogen) atoms. The highest BCUT2D eigenvalue weighted by atomic mass is 16.5. The van der Waals surface area contributed by atoms with Crippen molar-refractivity contribution in [2.45, 2.75) is 44.2 Å². The highest BCUT2D eigenvalue weighted by molar-refractivity contribution is 5.74. The van der Waals surface area contributed by atoms with E-state index in [1.54, 1.807) is 0 Å². The smallest absolute Gasteiger partial charge is 0.282 e. The molecule has 1 saturated carbocycles. The van der Waals surface area contributed by atoms with Crippen LogP contribution in [0, 0.1) is 0 Å². The van der Waals surface area contributed by atoms with Crippen LogP contribution in [0.25, 0.3) is 0 Å². The van der Waals surface area contributed by atoms with Gasteiger partial charge in [-0.1, -0.05) is 6.42 Å². The van der Waals surface area contributed by atoms with Gasteiger partial charge in [0, 0.05) is 0 Å². The van der Waals surface area contributed by atoms with Crippen molar-refractivity contribution in [3.05, 3.63) is 0 Å². The van der Waals surface area contributed by atoms with Crippen molar-refractivity contribution >= 4 is 6.02 Å². The van der Waals surface area contributed by atoms with Gasteiger partial charge in [0.05, 0.1) is 6.04 Å². The van der Waals surface area contributed by atoms with Crippen LogP contribution in [-0.2, 0) is 4.74 Å². The summed E-state index contributed by atoms with van der Waals surface area (Å²) in [6, 6.07) is 0.718. The van der Waals surface area contributed by atoms with Gasteiger partial charge < -0.3 is 10.5 Å². The Labute approximate surface area is 66.6 Å². The minimum absolute atomic E-state index is 0.0671. The van der Waals surface area contributed by atoms with Crippen molar-refractivity contribution < 1.29 is 4.74 Å². The Balaban J connectivity index is 2.18. The second kappa shape index (κ2) is 2.13. The second-order valence-corrected chi connectivity index (χ2v) is 3.64. The average Bonchev–Trinajstić information content (AvgIpc) is 2.22. The number of amidine groups is 1. The maximum Gasteiger partial charge on any atom is 0.282 e. The molecule has 2 aliphatic rings. The van der Waals surface area contributed by atoms with E-state index in [-0.39, 0.29) is 5.60 Å². The predicted molar refractivity (Wildman–Crippen MR) is 43.4 cm³/mol. The third kappa shape index (κ3) is 0.988. The second-order valence-electron chi connectivity index (χ2n) is 3.64. The zero-order chi connectivity index (χ0) is 7.90. The number of ether oxygens (including phenoxy) is 1. The highest BCUT2D eigenvalue weighted by Crippen LogP contribution is 2.36. The lowest BCUT2D eigenvalue weighted by Crippen LogP contribution is -2.40. The third-order valence-electron chi connectivity index (χ3n) is 2.73. The average molecular weight is 154 g/mol. The van der Waals surface area contributed by atoms with E-state index in [9.17, 15) is 0 Å². The molecule has 62 valence electrons. The quantitative estimate of drug-likeness (QED) is 0.566.